The van der Waals surface area contributed by atoms with Crippen molar-refractivity contribution in [1.82, 2.24) is 0 Å². The molecule has 0 radical (unpaired) electrons. The van der Waals surface area contributed by atoms with Crippen LogP contribution in [0, 0.1) is 0 Å². The summed E-state index contributed by atoms with van der Waals surface area (Å²) >= 11 is 3.49. The molecule has 1 heterocycles. The SMILES string of the molecule is CCC1Cc2cc(OC)c(OC)cc2C(c2ccc(Br)cc2)O1. The monoisotopic (exact) mass is 376 g/mol. The number of halogens is 1. The van der Waals surface area contributed by atoms with Gasteiger partial charge in [0.25, 0.3) is 0 Å². The minimum Gasteiger partial charge on any atom is -0.493 e. The van der Waals surface area contributed by atoms with Crippen molar-refractivity contribution in [1.29, 1.82) is 0 Å². The molecule has 122 valence electrons. The third-order valence-corrected chi connectivity index (χ3v) is 4.86. The van der Waals surface area contributed by atoms with Crippen LogP contribution in [0.2, 0.25) is 0 Å². The Kier molecular flexibility index (Phi) is 4.93. The van der Waals surface area contributed by atoms with E-state index in [0.717, 1.165) is 39.9 Å². The zero-order valence-electron chi connectivity index (χ0n) is 13.6. The van der Waals surface area contributed by atoms with Gasteiger partial charge in [0.15, 0.2) is 11.5 Å². The Hall–Kier alpha value is -1.52. The molecule has 2 aromatic rings. The number of hydrogen-bond acceptors (Lipinski definition) is 3. The Balaban J connectivity index is 2.09. The van der Waals surface area contributed by atoms with Crippen LogP contribution in [-0.2, 0) is 11.2 Å². The average molecular weight is 377 g/mol. The lowest BCUT2D eigenvalue weighted by atomic mass is 9.89. The molecule has 23 heavy (non-hydrogen) atoms. The van der Waals surface area contributed by atoms with Gasteiger partial charge in [0, 0.05) is 4.47 Å². The Bertz CT molecular complexity index is 682. The highest BCUT2D eigenvalue weighted by Crippen LogP contribution is 2.41. The number of hydrogen-bond donors (Lipinski definition) is 0. The molecule has 0 amide bonds. The van der Waals surface area contributed by atoms with E-state index in [4.69, 9.17) is 14.2 Å². The second-order valence-corrected chi connectivity index (χ2v) is 6.62. The summed E-state index contributed by atoms with van der Waals surface area (Å²) < 4.78 is 18.3. The van der Waals surface area contributed by atoms with Crippen molar-refractivity contribution in [2.75, 3.05) is 14.2 Å². The van der Waals surface area contributed by atoms with Crippen LogP contribution in [0.1, 0.15) is 36.1 Å². The molecule has 0 aromatic heterocycles. The van der Waals surface area contributed by atoms with Crippen molar-refractivity contribution in [3.63, 3.8) is 0 Å². The minimum absolute atomic E-state index is 0.0726. The largest absolute Gasteiger partial charge is 0.493 e. The second kappa shape index (κ2) is 6.93. The molecule has 2 atom stereocenters. The average Bonchev–Trinajstić information content (AvgIpc) is 2.60. The van der Waals surface area contributed by atoms with Gasteiger partial charge in [-0.15, -0.1) is 0 Å². The lowest BCUT2D eigenvalue weighted by molar-refractivity contribution is -0.00582. The zero-order valence-corrected chi connectivity index (χ0v) is 15.2. The van der Waals surface area contributed by atoms with Gasteiger partial charge in [-0.3, -0.25) is 0 Å². The van der Waals surface area contributed by atoms with Gasteiger partial charge >= 0.3 is 0 Å². The highest BCUT2D eigenvalue weighted by molar-refractivity contribution is 9.10. The standard InChI is InChI=1S/C19H21BrO3/c1-4-15-9-13-10-17(21-2)18(22-3)11-16(13)19(23-15)12-5-7-14(20)8-6-12/h5-8,10-11,15,19H,4,9H2,1-3H3. The van der Waals surface area contributed by atoms with Crippen molar-refractivity contribution in [3.8, 4) is 11.5 Å². The molecule has 0 N–H and O–H groups in total. The first-order valence-electron chi connectivity index (χ1n) is 7.82. The fourth-order valence-corrected chi connectivity index (χ4v) is 3.32. The first kappa shape index (κ1) is 16.3. The first-order chi connectivity index (χ1) is 11.2. The quantitative estimate of drug-likeness (QED) is 0.758. The molecule has 3 nitrogen and oxygen atoms in total. The van der Waals surface area contributed by atoms with Crippen LogP contribution >= 0.6 is 15.9 Å². The Labute approximate surface area is 145 Å². The summed E-state index contributed by atoms with van der Waals surface area (Å²) in [7, 11) is 3.34. The number of ether oxygens (including phenoxy) is 3. The smallest absolute Gasteiger partial charge is 0.161 e. The van der Waals surface area contributed by atoms with Gasteiger partial charge in [0.2, 0.25) is 0 Å². The summed E-state index contributed by atoms with van der Waals surface area (Å²) in [5.74, 6) is 1.52. The molecule has 1 aliphatic heterocycles. The van der Waals surface area contributed by atoms with E-state index in [-0.39, 0.29) is 12.2 Å². The number of fused-ring (bicyclic) bond motifs is 1. The van der Waals surface area contributed by atoms with E-state index in [1.807, 2.05) is 6.07 Å². The van der Waals surface area contributed by atoms with Gasteiger partial charge < -0.3 is 14.2 Å². The van der Waals surface area contributed by atoms with E-state index in [1.165, 1.54) is 5.56 Å². The lowest BCUT2D eigenvalue weighted by Gasteiger charge is -2.33. The van der Waals surface area contributed by atoms with Crippen LogP contribution in [0.5, 0.6) is 11.5 Å². The predicted octanol–water partition coefficient (Wildman–Crippen LogP) is 4.91. The summed E-state index contributed by atoms with van der Waals surface area (Å²) in [5.41, 5.74) is 3.59. The fraction of sp³-hybridized carbons (Fsp3) is 0.368. The summed E-state index contributed by atoms with van der Waals surface area (Å²) in [4.78, 5) is 0. The molecular formula is C19H21BrO3. The van der Waals surface area contributed by atoms with E-state index in [1.54, 1.807) is 14.2 Å². The van der Waals surface area contributed by atoms with Crippen molar-refractivity contribution < 1.29 is 14.2 Å². The molecule has 2 aromatic carbocycles. The van der Waals surface area contributed by atoms with Crippen LogP contribution in [0.25, 0.3) is 0 Å². The topological polar surface area (TPSA) is 27.7 Å². The third kappa shape index (κ3) is 3.24. The van der Waals surface area contributed by atoms with Crippen molar-refractivity contribution >= 4 is 15.9 Å². The molecule has 0 fully saturated rings. The molecular weight excluding hydrogens is 356 g/mol. The maximum Gasteiger partial charge on any atom is 0.161 e. The fourth-order valence-electron chi connectivity index (χ4n) is 3.05. The summed E-state index contributed by atoms with van der Waals surface area (Å²) in [6.07, 6.45) is 2.03. The molecule has 3 rings (SSSR count). The molecule has 2 unspecified atom stereocenters. The summed E-state index contributed by atoms with van der Waals surface area (Å²) in [6.45, 7) is 2.16. The van der Waals surface area contributed by atoms with E-state index >= 15 is 0 Å². The van der Waals surface area contributed by atoms with Gasteiger partial charge in [-0.1, -0.05) is 35.0 Å². The van der Waals surface area contributed by atoms with Crippen molar-refractivity contribution in [3.05, 3.63) is 57.6 Å². The Morgan fingerprint density at radius 3 is 2.35 bits per heavy atom. The third-order valence-electron chi connectivity index (χ3n) is 4.33. The number of rotatable bonds is 4. The Morgan fingerprint density at radius 2 is 1.74 bits per heavy atom. The van der Waals surface area contributed by atoms with Gasteiger partial charge in [-0.2, -0.15) is 0 Å². The van der Waals surface area contributed by atoms with E-state index in [2.05, 4.69) is 53.2 Å². The van der Waals surface area contributed by atoms with E-state index in [9.17, 15) is 0 Å². The van der Waals surface area contributed by atoms with Crippen molar-refractivity contribution in [2.45, 2.75) is 32.0 Å². The molecule has 1 aliphatic rings. The summed E-state index contributed by atoms with van der Waals surface area (Å²) in [6, 6.07) is 12.4. The molecule has 0 spiro atoms. The maximum atomic E-state index is 6.35. The maximum absolute atomic E-state index is 6.35. The highest BCUT2D eigenvalue weighted by Gasteiger charge is 2.29. The lowest BCUT2D eigenvalue weighted by Crippen LogP contribution is -2.26. The zero-order chi connectivity index (χ0) is 16.4. The van der Waals surface area contributed by atoms with Crippen LogP contribution < -0.4 is 9.47 Å². The summed E-state index contributed by atoms with van der Waals surface area (Å²) in [5, 5.41) is 0. The predicted molar refractivity (Wildman–Crippen MR) is 94.4 cm³/mol. The van der Waals surface area contributed by atoms with Crippen LogP contribution in [0.4, 0.5) is 0 Å². The molecule has 0 saturated carbocycles. The second-order valence-electron chi connectivity index (χ2n) is 5.71. The van der Waals surface area contributed by atoms with Crippen LogP contribution in [0.3, 0.4) is 0 Å². The van der Waals surface area contributed by atoms with Crippen molar-refractivity contribution in [2.24, 2.45) is 0 Å². The normalized spacial score (nSPS) is 20.0. The van der Waals surface area contributed by atoms with Gasteiger partial charge in [-0.05, 0) is 53.8 Å². The minimum atomic E-state index is -0.0726. The van der Waals surface area contributed by atoms with Crippen LogP contribution in [-0.4, -0.2) is 20.3 Å². The molecule has 4 heteroatoms. The molecule has 0 aliphatic carbocycles. The Morgan fingerprint density at radius 1 is 1.09 bits per heavy atom. The molecule has 0 bridgehead atoms. The first-order valence-corrected chi connectivity index (χ1v) is 8.61. The molecule has 0 saturated heterocycles. The van der Waals surface area contributed by atoms with Gasteiger partial charge in [0.05, 0.1) is 20.3 Å². The van der Waals surface area contributed by atoms with Gasteiger partial charge in [-0.25, -0.2) is 0 Å². The van der Waals surface area contributed by atoms with E-state index < -0.39 is 0 Å². The highest BCUT2D eigenvalue weighted by atomic mass is 79.9. The van der Waals surface area contributed by atoms with Crippen LogP contribution in [0.15, 0.2) is 40.9 Å². The van der Waals surface area contributed by atoms with E-state index in [0.29, 0.717) is 0 Å². The number of benzene rings is 2. The van der Waals surface area contributed by atoms with Gasteiger partial charge in [0.1, 0.15) is 6.10 Å². The number of methoxy groups -OCH3 is 2.